The van der Waals surface area contributed by atoms with E-state index in [1.807, 2.05) is 0 Å². The van der Waals surface area contributed by atoms with Gasteiger partial charge in [-0.1, -0.05) is 0 Å². The maximum absolute atomic E-state index is 9.76. The predicted molar refractivity (Wildman–Crippen MR) is 28.3 cm³/mol. The molecule has 0 fully saturated rings. The molecule has 0 rings (SSSR count). The smallest absolute Gasteiger partial charge is 0.312 e. The maximum atomic E-state index is 9.76. The minimum absolute atomic E-state index is 0. The minimum Gasteiger partial charge on any atom is -0.412 e. The van der Waals surface area contributed by atoms with Gasteiger partial charge >= 0.3 is 6.03 Å². The molecule has 6 N–H and O–H groups in total. The second kappa shape index (κ2) is 6.19. The molecule has 0 saturated carbocycles. The zero-order valence-corrected chi connectivity index (χ0v) is 4.35. The normalized spacial score (nSPS) is 7.12. The van der Waals surface area contributed by atoms with Crippen LogP contribution in [0, 0.1) is 0 Å². The summed E-state index contributed by atoms with van der Waals surface area (Å²) >= 11 is 0. The molecule has 0 aromatic heterocycles. The fourth-order valence-corrected chi connectivity index (χ4v) is 0.179. The number of nitrogens with two attached hydrogens (primary N) is 1. The number of primary amides is 1. The van der Waals surface area contributed by atoms with Crippen LogP contribution in [0.15, 0.2) is 0 Å². The van der Waals surface area contributed by atoms with E-state index in [4.69, 9.17) is 5.11 Å². The fourth-order valence-electron chi connectivity index (χ4n) is 0.179. The first kappa shape index (κ1) is 10.2. The lowest BCUT2D eigenvalue weighted by Gasteiger charge is -1.92. The summed E-state index contributed by atoms with van der Waals surface area (Å²) in [6.07, 6.45) is 0. The van der Waals surface area contributed by atoms with Gasteiger partial charge in [-0.15, -0.1) is 0 Å². The van der Waals surface area contributed by atoms with Crippen molar-refractivity contribution in [2.24, 2.45) is 5.73 Å². The van der Waals surface area contributed by atoms with Gasteiger partial charge in [0.1, 0.15) is 0 Å². The molecule has 5 nitrogen and oxygen atoms in total. The van der Waals surface area contributed by atoms with Crippen LogP contribution in [0.2, 0.25) is 0 Å². The van der Waals surface area contributed by atoms with E-state index in [1.165, 1.54) is 0 Å². The predicted octanol–water partition coefficient (Wildman–Crippen LogP) is -2.18. The standard InChI is InChI=1S/C3H8N2O2.H2O/c4-3(7)5-1-2-6;/h6H,1-2H2,(H3,4,5,7);1H2. The summed E-state index contributed by atoms with van der Waals surface area (Å²) in [5, 5.41) is 10.2. The number of carbonyl (C=O) groups is 1. The summed E-state index contributed by atoms with van der Waals surface area (Å²) in [5.74, 6) is 0. The van der Waals surface area contributed by atoms with Crippen LogP contribution in [0.3, 0.4) is 0 Å². The zero-order chi connectivity index (χ0) is 5.70. The van der Waals surface area contributed by atoms with Crippen molar-refractivity contribution in [3.63, 3.8) is 0 Å². The van der Waals surface area contributed by atoms with Crippen molar-refractivity contribution in [3.05, 3.63) is 0 Å². The van der Waals surface area contributed by atoms with E-state index in [-0.39, 0.29) is 18.6 Å². The summed E-state index contributed by atoms with van der Waals surface area (Å²) in [6.45, 7) is 0.165. The van der Waals surface area contributed by atoms with Crippen molar-refractivity contribution in [1.29, 1.82) is 0 Å². The molecule has 0 heterocycles. The lowest BCUT2D eigenvalue weighted by Crippen LogP contribution is -2.31. The zero-order valence-electron chi connectivity index (χ0n) is 4.35. The van der Waals surface area contributed by atoms with Gasteiger partial charge in [0.25, 0.3) is 0 Å². The Morgan fingerprint density at radius 1 is 1.75 bits per heavy atom. The number of hydrogen-bond acceptors (Lipinski definition) is 2. The molecule has 0 aliphatic carbocycles. The highest BCUT2D eigenvalue weighted by molar-refractivity contribution is 5.71. The molecule has 2 amide bonds. The van der Waals surface area contributed by atoms with E-state index in [2.05, 4.69) is 11.1 Å². The van der Waals surface area contributed by atoms with Crippen molar-refractivity contribution in [2.45, 2.75) is 0 Å². The lowest BCUT2D eigenvalue weighted by atomic mass is 10.7. The van der Waals surface area contributed by atoms with Crippen LogP contribution < -0.4 is 11.1 Å². The molecule has 0 spiro atoms. The van der Waals surface area contributed by atoms with E-state index in [0.29, 0.717) is 0 Å². The lowest BCUT2D eigenvalue weighted by molar-refractivity contribution is 0.242. The molecule has 0 aromatic carbocycles. The van der Waals surface area contributed by atoms with E-state index in [9.17, 15) is 4.79 Å². The number of nitrogens with one attached hydrogen (secondary N) is 1. The largest absolute Gasteiger partial charge is 0.412 e. The van der Waals surface area contributed by atoms with Crippen LogP contribution in [0.25, 0.3) is 0 Å². The molecule has 0 saturated heterocycles. The fraction of sp³-hybridized carbons (Fsp3) is 0.667. The quantitative estimate of drug-likeness (QED) is 0.387. The Balaban J connectivity index is 0. The van der Waals surface area contributed by atoms with Crippen LogP contribution in [-0.2, 0) is 0 Å². The Morgan fingerprint density at radius 3 is 2.38 bits per heavy atom. The number of amides is 2. The van der Waals surface area contributed by atoms with E-state index < -0.39 is 6.03 Å². The summed E-state index contributed by atoms with van der Waals surface area (Å²) < 4.78 is 0. The van der Waals surface area contributed by atoms with Crippen LogP contribution in [0.5, 0.6) is 0 Å². The van der Waals surface area contributed by atoms with Gasteiger partial charge in [-0.2, -0.15) is 0 Å². The van der Waals surface area contributed by atoms with E-state index in [1.54, 1.807) is 0 Å². The Labute approximate surface area is 46.8 Å². The minimum atomic E-state index is -0.603. The van der Waals surface area contributed by atoms with Crippen molar-refractivity contribution < 1.29 is 15.4 Å². The SMILES string of the molecule is NC(=O)NCCO.O. The van der Waals surface area contributed by atoms with E-state index in [0.717, 1.165) is 0 Å². The number of rotatable bonds is 2. The summed E-state index contributed by atoms with van der Waals surface area (Å²) in [5.41, 5.74) is 4.62. The average molecular weight is 122 g/mol. The third-order valence-electron chi connectivity index (χ3n) is 0.411. The molecule has 5 heteroatoms. The molecule has 0 aromatic rings. The summed E-state index contributed by atoms with van der Waals surface area (Å²) in [6, 6.07) is -0.603. The first-order valence-corrected chi connectivity index (χ1v) is 1.91. The third kappa shape index (κ3) is 8.95. The Kier molecular flexibility index (Phi) is 7.91. The Morgan fingerprint density at radius 2 is 2.25 bits per heavy atom. The van der Waals surface area contributed by atoms with E-state index >= 15 is 0 Å². The first-order valence-electron chi connectivity index (χ1n) is 1.91. The van der Waals surface area contributed by atoms with Gasteiger partial charge in [-0.3, -0.25) is 0 Å². The highest BCUT2D eigenvalue weighted by Gasteiger charge is 1.84. The van der Waals surface area contributed by atoms with Crippen molar-refractivity contribution in [2.75, 3.05) is 13.2 Å². The van der Waals surface area contributed by atoms with Crippen LogP contribution in [0.1, 0.15) is 0 Å². The van der Waals surface area contributed by atoms with Crippen molar-refractivity contribution in [1.82, 2.24) is 5.32 Å². The number of urea groups is 1. The number of hydrogen-bond donors (Lipinski definition) is 3. The second-order valence-electron chi connectivity index (χ2n) is 1.01. The third-order valence-corrected chi connectivity index (χ3v) is 0.411. The molecule has 0 bridgehead atoms. The summed E-state index contributed by atoms with van der Waals surface area (Å²) in [4.78, 5) is 9.76. The number of carbonyl (C=O) groups excluding carboxylic acids is 1. The van der Waals surface area contributed by atoms with Crippen LogP contribution >= 0.6 is 0 Å². The van der Waals surface area contributed by atoms with Gasteiger partial charge in [0.15, 0.2) is 0 Å². The number of aliphatic hydroxyl groups is 1. The van der Waals surface area contributed by atoms with Gasteiger partial charge in [-0.25, -0.2) is 4.79 Å². The molecule has 0 radical (unpaired) electrons. The number of aliphatic hydroxyl groups excluding tert-OH is 1. The van der Waals surface area contributed by atoms with Gasteiger partial charge in [0.05, 0.1) is 6.61 Å². The van der Waals surface area contributed by atoms with Crippen molar-refractivity contribution in [3.8, 4) is 0 Å². The van der Waals surface area contributed by atoms with Crippen LogP contribution in [0.4, 0.5) is 4.79 Å². The highest BCUT2D eigenvalue weighted by atomic mass is 16.3. The molecule has 0 aliphatic rings. The van der Waals surface area contributed by atoms with Crippen LogP contribution in [-0.4, -0.2) is 29.8 Å². The second-order valence-corrected chi connectivity index (χ2v) is 1.01. The topological polar surface area (TPSA) is 107 Å². The molecule has 0 aliphatic heterocycles. The van der Waals surface area contributed by atoms with Gasteiger partial charge in [-0.05, 0) is 0 Å². The molecule has 0 atom stereocenters. The molecule has 0 unspecified atom stereocenters. The highest BCUT2D eigenvalue weighted by Crippen LogP contribution is 1.52. The molecular formula is C3H10N2O3. The molecule has 8 heavy (non-hydrogen) atoms. The monoisotopic (exact) mass is 122 g/mol. The Bertz CT molecular complexity index is 65.5. The van der Waals surface area contributed by atoms with Gasteiger partial charge in [0.2, 0.25) is 0 Å². The summed E-state index contributed by atoms with van der Waals surface area (Å²) in [7, 11) is 0. The molecule has 50 valence electrons. The molecular weight excluding hydrogens is 112 g/mol. The van der Waals surface area contributed by atoms with Crippen molar-refractivity contribution >= 4 is 6.03 Å². The average Bonchev–Trinajstić information content (AvgIpc) is 1.61. The first-order chi connectivity index (χ1) is 3.27. The maximum Gasteiger partial charge on any atom is 0.312 e. The van der Waals surface area contributed by atoms with Gasteiger partial charge in [0, 0.05) is 6.54 Å². The van der Waals surface area contributed by atoms with Gasteiger partial charge < -0.3 is 21.6 Å². The Hall–Kier alpha value is -0.810.